The molecule has 0 atom stereocenters. The molecule has 0 saturated carbocycles. The molecule has 0 aromatic heterocycles. The Labute approximate surface area is 210 Å². The van der Waals surface area contributed by atoms with E-state index in [1.165, 1.54) is 44.2 Å². The van der Waals surface area contributed by atoms with Gasteiger partial charge in [-0.3, -0.25) is 9.10 Å². The molecular weight excluding hydrogens is 488 g/mol. The molecule has 10 heteroatoms. The molecule has 0 bridgehead atoms. The molecule has 0 spiro atoms. The van der Waals surface area contributed by atoms with Crippen LogP contribution in [0, 0.1) is 0 Å². The van der Waals surface area contributed by atoms with Crippen LogP contribution >= 0.6 is 11.8 Å². The van der Waals surface area contributed by atoms with E-state index in [1.54, 1.807) is 36.4 Å². The molecule has 186 valence electrons. The van der Waals surface area contributed by atoms with Crippen molar-refractivity contribution in [2.24, 2.45) is 0 Å². The largest absolute Gasteiger partial charge is 0.494 e. The Morgan fingerprint density at radius 3 is 2.29 bits per heavy atom. The fourth-order valence-electron chi connectivity index (χ4n) is 3.36. The van der Waals surface area contributed by atoms with Crippen LogP contribution in [0.25, 0.3) is 0 Å². The molecule has 3 aromatic carbocycles. The predicted molar refractivity (Wildman–Crippen MR) is 139 cm³/mol. The van der Waals surface area contributed by atoms with Gasteiger partial charge in [0.05, 0.1) is 37.1 Å². The minimum absolute atomic E-state index is 0.0404. The van der Waals surface area contributed by atoms with Gasteiger partial charge in [0.25, 0.3) is 10.0 Å². The number of benzene rings is 3. The summed E-state index contributed by atoms with van der Waals surface area (Å²) in [6.45, 7) is 1.90. The Balaban J connectivity index is 2.00. The summed E-state index contributed by atoms with van der Waals surface area (Å²) in [6, 6.07) is 18.2. The van der Waals surface area contributed by atoms with Crippen molar-refractivity contribution < 1.29 is 27.4 Å². The molecule has 3 aromatic rings. The van der Waals surface area contributed by atoms with Crippen molar-refractivity contribution in [1.82, 2.24) is 0 Å². The molecular formula is C25H28N2O6S2. The molecule has 0 unspecified atom stereocenters. The van der Waals surface area contributed by atoms with E-state index in [1.807, 2.05) is 25.3 Å². The number of ether oxygens (including phenoxy) is 3. The summed E-state index contributed by atoms with van der Waals surface area (Å²) in [5.41, 5.74) is 0.927. The standard InChI is InChI=1S/C25H28N2O6S2/c1-5-33-19-12-10-18(11-13-19)27(17-25(28)26-21-8-6-7-9-24(21)34-4)35(29,30)20-14-15-22(31-2)23(16-20)32-3/h6-16H,5,17H2,1-4H3,(H,26,28). The number of rotatable bonds is 11. The van der Waals surface area contributed by atoms with Crippen molar-refractivity contribution in [3.63, 3.8) is 0 Å². The molecule has 0 fully saturated rings. The predicted octanol–water partition coefficient (Wildman–Crippen LogP) is 4.66. The van der Waals surface area contributed by atoms with Crippen molar-refractivity contribution in [3.05, 3.63) is 66.7 Å². The van der Waals surface area contributed by atoms with E-state index in [0.717, 1.165) is 9.20 Å². The third-order valence-corrected chi connectivity index (χ3v) is 7.61. The number of hydrogen-bond acceptors (Lipinski definition) is 7. The second kappa shape index (κ2) is 11.9. The minimum atomic E-state index is -4.15. The SMILES string of the molecule is CCOc1ccc(N(CC(=O)Nc2ccccc2SC)S(=O)(=O)c2ccc(OC)c(OC)c2)cc1. The average Bonchev–Trinajstić information content (AvgIpc) is 2.87. The lowest BCUT2D eigenvalue weighted by Crippen LogP contribution is -2.38. The number of anilines is 2. The van der Waals surface area contributed by atoms with E-state index in [2.05, 4.69) is 5.32 Å². The van der Waals surface area contributed by atoms with E-state index < -0.39 is 22.5 Å². The zero-order valence-corrected chi connectivity index (χ0v) is 21.6. The summed E-state index contributed by atoms with van der Waals surface area (Å²) in [5, 5.41) is 2.82. The summed E-state index contributed by atoms with van der Waals surface area (Å²) < 4.78 is 44.5. The quantitative estimate of drug-likeness (QED) is 0.371. The smallest absolute Gasteiger partial charge is 0.264 e. The maximum atomic E-state index is 13.7. The zero-order valence-electron chi connectivity index (χ0n) is 20.0. The highest BCUT2D eigenvalue weighted by atomic mass is 32.2. The van der Waals surface area contributed by atoms with Crippen molar-refractivity contribution >= 4 is 39.1 Å². The second-order valence-corrected chi connectivity index (χ2v) is 9.91. The number of nitrogens with one attached hydrogen (secondary N) is 1. The van der Waals surface area contributed by atoms with Crippen molar-refractivity contribution in [2.45, 2.75) is 16.7 Å². The first-order valence-electron chi connectivity index (χ1n) is 10.7. The van der Waals surface area contributed by atoms with Gasteiger partial charge in [0, 0.05) is 11.0 Å². The fraction of sp³-hybridized carbons (Fsp3) is 0.240. The van der Waals surface area contributed by atoms with E-state index in [4.69, 9.17) is 14.2 Å². The number of methoxy groups -OCH3 is 2. The molecule has 0 saturated heterocycles. The van der Waals surface area contributed by atoms with Crippen LogP contribution in [0.1, 0.15) is 6.92 Å². The normalized spacial score (nSPS) is 11.0. The van der Waals surface area contributed by atoms with Crippen LogP contribution in [-0.2, 0) is 14.8 Å². The number of nitrogens with zero attached hydrogens (tertiary/aromatic N) is 1. The second-order valence-electron chi connectivity index (χ2n) is 7.20. The molecule has 3 rings (SSSR count). The highest BCUT2D eigenvalue weighted by Crippen LogP contribution is 2.33. The highest BCUT2D eigenvalue weighted by molar-refractivity contribution is 7.98. The van der Waals surface area contributed by atoms with Crippen molar-refractivity contribution in [3.8, 4) is 17.2 Å². The topological polar surface area (TPSA) is 94.2 Å². The number of sulfonamides is 1. The lowest BCUT2D eigenvalue weighted by Gasteiger charge is -2.25. The van der Waals surface area contributed by atoms with Crippen LogP contribution in [-0.4, -0.2) is 48.0 Å². The average molecular weight is 517 g/mol. The maximum Gasteiger partial charge on any atom is 0.264 e. The Morgan fingerprint density at radius 1 is 0.971 bits per heavy atom. The number of thioether (sulfide) groups is 1. The van der Waals surface area contributed by atoms with Gasteiger partial charge < -0.3 is 19.5 Å². The number of carbonyl (C=O) groups is 1. The Morgan fingerprint density at radius 2 is 1.66 bits per heavy atom. The monoisotopic (exact) mass is 516 g/mol. The first-order valence-corrected chi connectivity index (χ1v) is 13.4. The number of hydrogen-bond donors (Lipinski definition) is 1. The number of amides is 1. The summed E-state index contributed by atoms with van der Waals surface area (Å²) in [5.74, 6) is 0.770. The molecule has 1 N–H and O–H groups in total. The van der Waals surface area contributed by atoms with Gasteiger partial charge in [0.1, 0.15) is 12.3 Å². The lowest BCUT2D eigenvalue weighted by atomic mass is 10.3. The van der Waals surface area contributed by atoms with Crippen molar-refractivity contribution in [2.75, 3.05) is 43.2 Å². The van der Waals surface area contributed by atoms with Gasteiger partial charge in [-0.15, -0.1) is 11.8 Å². The molecule has 0 heterocycles. The lowest BCUT2D eigenvalue weighted by molar-refractivity contribution is -0.114. The van der Waals surface area contributed by atoms with E-state index in [0.29, 0.717) is 29.5 Å². The van der Waals surface area contributed by atoms with Crippen LogP contribution in [0.3, 0.4) is 0 Å². The molecule has 35 heavy (non-hydrogen) atoms. The minimum Gasteiger partial charge on any atom is -0.494 e. The van der Waals surface area contributed by atoms with Gasteiger partial charge in [-0.1, -0.05) is 12.1 Å². The van der Waals surface area contributed by atoms with Crippen molar-refractivity contribution in [1.29, 1.82) is 0 Å². The number of carbonyl (C=O) groups excluding carboxylic acids is 1. The van der Waals surface area contributed by atoms with Gasteiger partial charge in [-0.05, 0) is 61.7 Å². The van der Waals surface area contributed by atoms with Crippen LogP contribution in [0.2, 0.25) is 0 Å². The summed E-state index contributed by atoms with van der Waals surface area (Å²) in [7, 11) is -1.26. The van der Waals surface area contributed by atoms with Gasteiger partial charge in [0.2, 0.25) is 5.91 Å². The van der Waals surface area contributed by atoms with Gasteiger partial charge >= 0.3 is 0 Å². The first-order chi connectivity index (χ1) is 16.8. The third kappa shape index (κ3) is 6.20. The van der Waals surface area contributed by atoms with Crippen LogP contribution in [0.4, 0.5) is 11.4 Å². The van der Waals surface area contributed by atoms with Gasteiger partial charge in [0.15, 0.2) is 11.5 Å². The fourth-order valence-corrected chi connectivity index (χ4v) is 5.35. The highest BCUT2D eigenvalue weighted by Gasteiger charge is 2.28. The molecule has 0 radical (unpaired) electrons. The summed E-state index contributed by atoms with van der Waals surface area (Å²) >= 11 is 1.48. The Kier molecular flexibility index (Phi) is 8.89. The van der Waals surface area contributed by atoms with E-state index in [-0.39, 0.29) is 10.6 Å². The number of para-hydroxylation sites is 1. The molecule has 0 aliphatic rings. The van der Waals surface area contributed by atoms with Crippen LogP contribution < -0.4 is 23.8 Å². The van der Waals surface area contributed by atoms with E-state index in [9.17, 15) is 13.2 Å². The summed E-state index contributed by atoms with van der Waals surface area (Å²) in [4.78, 5) is 13.9. The molecule has 1 amide bonds. The first kappa shape index (κ1) is 26.2. The summed E-state index contributed by atoms with van der Waals surface area (Å²) in [6.07, 6.45) is 1.90. The van der Waals surface area contributed by atoms with Crippen LogP contribution in [0.5, 0.6) is 17.2 Å². The molecule has 8 nitrogen and oxygen atoms in total. The third-order valence-electron chi connectivity index (χ3n) is 5.05. The van der Waals surface area contributed by atoms with Gasteiger partial charge in [-0.2, -0.15) is 0 Å². The molecule has 0 aliphatic carbocycles. The van der Waals surface area contributed by atoms with Crippen LogP contribution in [0.15, 0.2) is 76.5 Å². The maximum absolute atomic E-state index is 13.7. The Bertz CT molecular complexity index is 1260. The van der Waals surface area contributed by atoms with Gasteiger partial charge in [-0.25, -0.2) is 8.42 Å². The van der Waals surface area contributed by atoms with E-state index >= 15 is 0 Å². The Hall–Kier alpha value is -3.37. The molecule has 0 aliphatic heterocycles. The zero-order chi connectivity index (χ0) is 25.4.